The molecule has 0 aromatic heterocycles. The lowest BCUT2D eigenvalue weighted by Gasteiger charge is -2.17. The summed E-state index contributed by atoms with van der Waals surface area (Å²) in [5, 5.41) is 0. The molecular formula is C6H16N6O4S. The third-order valence-electron chi connectivity index (χ3n) is 2.01. The minimum atomic E-state index is -5.17. The Morgan fingerprint density at radius 3 is 1.12 bits per heavy atom. The van der Waals surface area contributed by atoms with Gasteiger partial charge in [0, 0.05) is 10.4 Å². The Morgan fingerprint density at radius 1 is 0.824 bits per heavy atom. The van der Waals surface area contributed by atoms with Gasteiger partial charge in [0.25, 0.3) is 0 Å². The molecule has 8 N–H and O–H groups in total. The van der Waals surface area contributed by atoms with Crippen LogP contribution in [0.2, 0.25) is 0 Å². The second-order valence-electron chi connectivity index (χ2n) is 3.23. The van der Waals surface area contributed by atoms with Gasteiger partial charge in [-0.25, -0.2) is 0 Å². The molecule has 1 heterocycles. The second-order valence-corrected chi connectivity index (χ2v) is 4.05. The zero-order valence-corrected chi connectivity index (χ0v) is 9.89. The van der Waals surface area contributed by atoms with E-state index < -0.39 is 10.4 Å². The first-order valence-electron chi connectivity index (χ1n) is 4.53. The van der Waals surface area contributed by atoms with E-state index in [0.29, 0.717) is 11.9 Å². The molecule has 0 atom stereocenters. The van der Waals surface area contributed by atoms with Crippen molar-refractivity contribution in [1.82, 2.24) is 0 Å². The van der Waals surface area contributed by atoms with Gasteiger partial charge in [0.05, 0.1) is 26.2 Å². The molecule has 10 nitrogen and oxygen atoms in total. The molecule has 0 saturated carbocycles. The van der Waals surface area contributed by atoms with Gasteiger partial charge in [0.2, 0.25) is 0 Å². The van der Waals surface area contributed by atoms with Crippen molar-refractivity contribution in [1.29, 1.82) is 0 Å². The highest BCUT2D eigenvalue weighted by Crippen LogP contribution is 1.87. The van der Waals surface area contributed by atoms with E-state index in [1.165, 1.54) is 0 Å². The van der Waals surface area contributed by atoms with Crippen LogP contribution < -0.4 is 22.9 Å². The molecule has 1 rings (SSSR count). The zero-order valence-electron chi connectivity index (χ0n) is 9.07. The van der Waals surface area contributed by atoms with Crippen LogP contribution in [-0.2, 0) is 10.4 Å². The summed E-state index contributed by atoms with van der Waals surface area (Å²) < 4.78 is 37.9. The zero-order chi connectivity index (χ0) is 13.6. The normalized spacial score (nSPS) is 15.9. The lowest BCUT2D eigenvalue weighted by molar-refractivity contribution is -0.666. The number of rotatable bonds is 0. The minimum Gasteiger partial charge on any atom is -0.759 e. The first kappa shape index (κ1) is 15.4. The molecule has 0 radical (unpaired) electrons. The fraction of sp³-hybridized carbons (Fsp3) is 0.667. The van der Waals surface area contributed by atoms with Gasteiger partial charge in [-0.15, -0.1) is 0 Å². The van der Waals surface area contributed by atoms with Crippen LogP contribution in [0.5, 0.6) is 0 Å². The Balaban J connectivity index is 0.000000437. The van der Waals surface area contributed by atoms with E-state index >= 15 is 0 Å². The fourth-order valence-electron chi connectivity index (χ4n) is 1.22. The highest BCUT2D eigenvalue weighted by Gasteiger charge is 2.16. The van der Waals surface area contributed by atoms with Crippen molar-refractivity contribution in [2.75, 3.05) is 26.2 Å². The summed E-state index contributed by atoms with van der Waals surface area (Å²) in [5.74, 6) is 0.732. The number of nitrogens with zero attached hydrogens (tertiary/aromatic N) is 2. The van der Waals surface area contributed by atoms with Crippen molar-refractivity contribution < 1.29 is 26.7 Å². The van der Waals surface area contributed by atoms with Gasteiger partial charge < -0.3 is 9.11 Å². The van der Waals surface area contributed by atoms with Gasteiger partial charge in [-0.05, 0) is 0 Å². The predicted molar refractivity (Wildman–Crippen MR) is 57.2 cm³/mol. The van der Waals surface area contributed by atoms with E-state index in [0.717, 1.165) is 26.2 Å². The van der Waals surface area contributed by atoms with Gasteiger partial charge >= 0.3 is 11.9 Å². The van der Waals surface area contributed by atoms with Crippen molar-refractivity contribution in [2.24, 2.45) is 22.9 Å². The van der Waals surface area contributed by atoms with E-state index in [1.54, 1.807) is 0 Å². The van der Waals surface area contributed by atoms with Gasteiger partial charge in [0.1, 0.15) is 0 Å². The average molecular weight is 268 g/mol. The molecule has 0 aliphatic carbocycles. The van der Waals surface area contributed by atoms with Crippen LogP contribution in [0.4, 0.5) is 0 Å². The summed E-state index contributed by atoms with van der Waals surface area (Å²) in [4.78, 5) is 0. The maximum absolute atomic E-state index is 8.52. The number of hydrogen-bond donors (Lipinski definition) is 4. The highest BCUT2D eigenvalue weighted by molar-refractivity contribution is 7.79. The van der Waals surface area contributed by atoms with E-state index in [-0.39, 0.29) is 0 Å². The first-order valence-corrected chi connectivity index (χ1v) is 5.87. The lowest BCUT2D eigenvalue weighted by atomic mass is 10.4. The molecule has 1 fully saturated rings. The van der Waals surface area contributed by atoms with Crippen LogP contribution in [0.25, 0.3) is 0 Å². The standard InChI is InChI=1S/C6H14N6.H2O4S/c7-5(8)11-1-2-12(4-3-11)6(9)10;1-5(2,3)4/h1-4H2,(H6,7,8,9,10);(H2,1,2,3,4). The smallest absolute Gasteiger partial charge is 0.341 e. The molecule has 0 bridgehead atoms. The van der Waals surface area contributed by atoms with Crippen LogP contribution >= 0.6 is 0 Å². The average Bonchev–Trinajstić information content (AvgIpc) is 2.15. The number of guanidine groups is 2. The summed E-state index contributed by atoms with van der Waals surface area (Å²) in [5.41, 5.74) is 21.7. The van der Waals surface area contributed by atoms with Crippen LogP contribution in [0.1, 0.15) is 0 Å². The molecule has 100 valence electrons. The highest BCUT2D eigenvalue weighted by atomic mass is 32.3. The molecule has 0 aromatic carbocycles. The molecule has 1 aliphatic heterocycles. The molecule has 0 aromatic rings. The maximum Gasteiger partial charge on any atom is 0.341 e. The van der Waals surface area contributed by atoms with E-state index in [2.05, 4.69) is 0 Å². The monoisotopic (exact) mass is 268 g/mol. The molecular weight excluding hydrogens is 252 g/mol. The van der Waals surface area contributed by atoms with Gasteiger partial charge in [-0.3, -0.25) is 40.5 Å². The largest absolute Gasteiger partial charge is 0.759 e. The molecule has 17 heavy (non-hydrogen) atoms. The molecule has 11 heteroatoms. The van der Waals surface area contributed by atoms with Gasteiger partial charge in [0.15, 0.2) is 0 Å². The maximum atomic E-state index is 8.52. The lowest BCUT2D eigenvalue weighted by Crippen LogP contribution is -2.49. The van der Waals surface area contributed by atoms with Crippen molar-refractivity contribution >= 4 is 22.3 Å². The Morgan fingerprint density at radius 2 is 1.00 bits per heavy atom. The second kappa shape index (κ2) is 6.22. The van der Waals surface area contributed by atoms with Crippen molar-refractivity contribution in [2.45, 2.75) is 0 Å². The number of nitrogens with two attached hydrogens (primary N) is 4. The summed E-state index contributed by atoms with van der Waals surface area (Å²) >= 11 is 0. The van der Waals surface area contributed by atoms with Crippen LogP contribution in [0.3, 0.4) is 0 Å². The van der Waals surface area contributed by atoms with E-state index in [1.807, 2.05) is 9.15 Å². The Labute approximate surface area is 98.8 Å². The molecule has 1 aliphatic rings. The van der Waals surface area contributed by atoms with Gasteiger partial charge in [-0.1, -0.05) is 0 Å². The number of hydrogen-bond acceptors (Lipinski definition) is 4. The summed E-state index contributed by atoms with van der Waals surface area (Å²) in [6, 6.07) is 0. The molecule has 1 saturated heterocycles. The Kier molecular flexibility index (Phi) is 5.64. The summed E-state index contributed by atoms with van der Waals surface area (Å²) in [6.07, 6.45) is 0. The van der Waals surface area contributed by atoms with E-state index in [4.69, 9.17) is 40.5 Å². The predicted octanol–water partition coefficient (Wildman–Crippen LogP) is -4.77. The van der Waals surface area contributed by atoms with Crippen molar-refractivity contribution in [3.05, 3.63) is 0 Å². The van der Waals surface area contributed by atoms with Gasteiger partial charge in [-0.2, -0.15) is 0 Å². The third kappa shape index (κ3) is 8.24. The van der Waals surface area contributed by atoms with Crippen LogP contribution in [0.15, 0.2) is 0 Å². The Bertz CT molecular complexity index is 374. The van der Waals surface area contributed by atoms with Crippen LogP contribution in [0, 0.1) is 0 Å². The summed E-state index contributed by atoms with van der Waals surface area (Å²) in [6.45, 7) is 3.11. The minimum absolute atomic E-state index is 0.366. The summed E-state index contributed by atoms with van der Waals surface area (Å²) in [7, 11) is -5.17. The first-order chi connectivity index (χ1) is 7.61. The van der Waals surface area contributed by atoms with Crippen LogP contribution in [-0.4, -0.2) is 64.8 Å². The topological polar surface area (TPSA) is 190 Å². The van der Waals surface area contributed by atoms with E-state index in [9.17, 15) is 0 Å². The third-order valence-corrected chi connectivity index (χ3v) is 2.01. The molecule has 0 amide bonds. The fourth-order valence-corrected chi connectivity index (χ4v) is 1.22. The molecule has 0 spiro atoms. The Hall–Kier alpha value is -1.59. The van der Waals surface area contributed by atoms with Crippen molar-refractivity contribution in [3.63, 3.8) is 0 Å². The SMILES string of the molecule is NC(N)=[N+]1CC[N+](=C(N)N)CC1.O=S(=O)([O-])[O-]. The molecule has 0 unspecified atom stereocenters. The van der Waals surface area contributed by atoms with Crippen molar-refractivity contribution in [3.8, 4) is 0 Å². The quantitative estimate of drug-likeness (QED) is 0.145. The number of piperazine rings is 1.